The second kappa shape index (κ2) is 9.55. The molecule has 6 nitrogen and oxygen atoms in total. The lowest BCUT2D eigenvalue weighted by Gasteiger charge is -2.40. The van der Waals surface area contributed by atoms with Crippen LogP contribution in [0.5, 0.6) is 0 Å². The molecule has 0 aromatic carbocycles. The Labute approximate surface area is 164 Å². The van der Waals surface area contributed by atoms with Crippen LogP contribution in [0.1, 0.15) is 60.3 Å². The second-order valence-corrected chi connectivity index (χ2v) is 8.97. The summed E-state index contributed by atoms with van der Waals surface area (Å²) in [5.74, 6) is -0.468. The molecule has 1 aliphatic carbocycles. The van der Waals surface area contributed by atoms with E-state index in [2.05, 4.69) is 33.8 Å². The number of carbonyl (C=O) groups is 1. The Morgan fingerprint density at radius 1 is 1.37 bits per heavy atom. The van der Waals surface area contributed by atoms with Gasteiger partial charge in [0, 0.05) is 12.5 Å². The van der Waals surface area contributed by atoms with Crippen LogP contribution >= 0.6 is 0 Å². The fourth-order valence-electron chi connectivity index (χ4n) is 3.60. The molecule has 2 aliphatic rings. The average molecular weight is 383 g/mol. The molecule has 0 aromatic rings. The minimum atomic E-state index is -1.30. The summed E-state index contributed by atoms with van der Waals surface area (Å²) in [4.78, 5) is 10.3. The van der Waals surface area contributed by atoms with Gasteiger partial charge in [0.25, 0.3) is 5.87 Å². The smallest absolute Gasteiger partial charge is 0.311 e. The maximum atomic E-state index is 10.3. The zero-order valence-corrected chi connectivity index (χ0v) is 17.9. The molecule has 27 heavy (non-hydrogen) atoms. The van der Waals surface area contributed by atoms with Gasteiger partial charge in [-0.2, -0.15) is 0 Å². The normalized spacial score (nSPS) is 26.4. The minimum absolute atomic E-state index is 0.0412. The number of epoxide rings is 1. The number of hydrogen-bond acceptors (Lipinski definition) is 5. The highest BCUT2D eigenvalue weighted by atomic mass is 16.6. The van der Waals surface area contributed by atoms with Gasteiger partial charge >= 0.3 is 6.71 Å². The molecule has 7 heteroatoms. The van der Waals surface area contributed by atoms with Crippen LogP contribution in [0.25, 0.3) is 0 Å². The Kier molecular flexibility index (Phi) is 8.54. The van der Waals surface area contributed by atoms with Crippen molar-refractivity contribution in [2.75, 3.05) is 19.8 Å². The summed E-state index contributed by atoms with van der Waals surface area (Å²) in [7, 11) is 0. The van der Waals surface area contributed by atoms with Crippen molar-refractivity contribution in [1.29, 1.82) is 0 Å². The molecule has 0 amide bonds. The zero-order valence-electron chi connectivity index (χ0n) is 17.9. The van der Waals surface area contributed by atoms with E-state index in [0.29, 0.717) is 5.92 Å². The lowest BCUT2D eigenvalue weighted by molar-refractivity contribution is -0.0842. The summed E-state index contributed by atoms with van der Waals surface area (Å²) in [5, 5.41) is 17.7. The first-order valence-electron chi connectivity index (χ1n) is 9.94. The zero-order chi connectivity index (χ0) is 20.9. The van der Waals surface area contributed by atoms with E-state index in [-0.39, 0.29) is 17.7 Å². The summed E-state index contributed by atoms with van der Waals surface area (Å²) in [5.41, 5.74) is 5.26. The molecule has 1 spiro atoms. The number of nitrogens with two attached hydrogens (primary N) is 1. The Morgan fingerprint density at radius 3 is 2.37 bits per heavy atom. The summed E-state index contributed by atoms with van der Waals surface area (Å²) in [6.07, 6.45) is 7.28. The van der Waals surface area contributed by atoms with Gasteiger partial charge in [0.2, 0.25) is 0 Å². The van der Waals surface area contributed by atoms with Crippen molar-refractivity contribution in [1.82, 2.24) is 0 Å². The molecule has 1 heterocycles. The van der Waals surface area contributed by atoms with Gasteiger partial charge in [-0.3, -0.25) is 4.79 Å². The molecular formula is C20H38BNO5. The third-order valence-corrected chi connectivity index (χ3v) is 6.00. The van der Waals surface area contributed by atoms with Crippen molar-refractivity contribution in [3.05, 3.63) is 11.6 Å². The van der Waals surface area contributed by atoms with Crippen molar-refractivity contribution < 1.29 is 24.5 Å². The Bertz CT molecular complexity index is 524. The van der Waals surface area contributed by atoms with Crippen LogP contribution in [0.3, 0.4) is 0 Å². The van der Waals surface area contributed by atoms with E-state index in [0.717, 1.165) is 13.2 Å². The van der Waals surface area contributed by atoms with Gasteiger partial charge in [-0.1, -0.05) is 31.3 Å². The topological polar surface area (TPSA) is 105 Å². The Balaban J connectivity index is 0.000000314. The van der Waals surface area contributed by atoms with Crippen LogP contribution in [0.4, 0.5) is 4.79 Å². The maximum Gasteiger partial charge on any atom is 0.311 e. The SMILES string of the molecule is CB(C(=O)O)C(C)(O)CN.CC(C)=CCOC(C)(C)C1CCCCC12CO2. The van der Waals surface area contributed by atoms with Crippen molar-refractivity contribution in [3.8, 4) is 0 Å². The van der Waals surface area contributed by atoms with Crippen LogP contribution < -0.4 is 5.73 Å². The number of allylic oxidation sites excluding steroid dienone is 1. The van der Waals surface area contributed by atoms with E-state index >= 15 is 0 Å². The van der Waals surface area contributed by atoms with Gasteiger partial charge < -0.3 is 25.4 Å². The Hall–Kier alpha value is -0.885. The third kappa shape index (κ3) is 6.90. The third-order valence-electron chi connectivity index (χ3n) is 6.00. The van der Waals surface area contributed by atoms with E-state index in [1.165, 1.54) is 45.0 Å². The highest BCUT2D eigenvalue weighted by molar-refractivity contribution is 6.89. The van der Waals surface area contributed by atoms with Gasteiger partial charge in [-0.25, -0.2) is 0 Å². The fourth-order valence-corrected chi connectivity index (χ4v) is 3.60. The molecule has 156 valence electrons. The molecule has 1 saturated carbocycles. The Morgan fingerprint density at radius 2 is 1.96 bits per heavy atom. The molecule has 0 radical (unpaired) electrons. The predicted octanol–water partition coefficient (Wildman–Crippen LogP) is 3.33. The molecular weight excluding hydrogens is 345 g/mol. The molecule has 0 aromatic heterocycles. The van der Waals surface area contributed by atoms with Crippen molar-refractivity contribution in [2.45, 2.75) is 83.8 Å². The van der Waals surface area contributed by atoms with Crippen LogP contribution in [0, 0.1) is 5.92 Å². The van der Waals surface area contributed by atoms with Crippen molar-refractivity contribution >= 4 is 12.6 Å². The first-order valence-corrected chi connectivity index (χ1v) is 9.94. The first kappa shape index (κ1) is 24.2. The van der Waals surface area contributed by atoms with E-state index in [1.807, 2.05) is 0 Å². The van der Waals surface area contributed by atoms with Crippen LogP contribution in [0.15, 0.2) is 11.6 Å². The number of hydrogen-bond donors (Lipinski definition) is 3. The minimum Gasteiger partial charge on any atom is -0.489 e. The average Bonchev–Trinajstić information content (AvgIpc) is 3.33. The van der Waals surface area contributed by atoms with Crippen LogP contribution in [-0.4, -0.2) is 59.3 Å². The van der Waals surface area contributed by atoms with Crippen molar-refractivity contribution in [2.24, 2.45) is 11.7 Å². The summed E-state index contributed by atoms with van der Waals surface area (Å²) in [6, 6.07) is 0. The standard InChI is InChI=1S/C15H26O2.C5H12BNO3/c1-12(2)8-10-16-14(3,4)13-7-5-6-9-15(13)11-17-15;1-5(10,3-7)6(2)4(8)9/h8,13H,5-7,9-11H2,1-4H3;10H,3,7H2,1-2H3,(H,8,9). The second-order valence-electron chi connectivity index (χ2n) is 8.97. The first-order chi connectivity index (χ1) is 12.4. The predicted molar refractivity (Wildman–Crippen MR) is 109 cm³/mol. The molecule has 4 N–H and O–H groups in total. The van der Waals surface area contributed by atoms with Crippen molar-refractivity contribution in [3.63, 3.8) is 0 Å². The largest absolute Gasteiger partial charge is 0.489 e. The molecule has 2 fully saturated rings. The molecule has 1 aliphatic heterocycles. The number of aliphatic hydroxyl groups is 1. The fraction of sp³-hybridized carbons (Fsp3) is 0.850. The highest BCUT2D eigenvalue weighted by Gasteiger charge is 2.57. The number of carboxylic acid groups (broad SMARTS) is 1. The van der Waals surface area contributed by atoms with Gasteiger partial charge in [0.15, 0.2) is 0 Å². The van der Waals surface area contributed by atoms with E-state index in [4.69, 9.17) is 20.3 Å². The maximum absolute atomic E-state index is 10.3. The molecule has 3 unspecified atom stereocenters. The van der Waals surface area contributed by atoms with E-state index in [9.17, 15) is 9.90 Å². The highest BCUT2D eigenvalue weighted by Crippen LogP contribution is 2.51. The summed E-state index contributed by atoms with van der Waals surface area (Å²) < 4.78 is 11.9. The van der Waals surface area contributed by atoms with E-state index in [1.54, 1.807) is 0 Å². The number of rotatable bonds is 7. The monoisotopic (exact) mass is 383 g/mol. The lowest BCUT2D eigenvalue weighted by Crippen LogP contribution is -2.51. The molecule has 3 atom stereocenters. The van der Waals surface area contributed by atoms with E-state index < -0.39 is 18.1 Å². The van der Waals surface area contributed by atoms with Gasteiger partial charge in [-0.15, -0.1) is 0 Å². The quantitative estimate of drug-likeness (QED) is 0.354. The molecule has 2 rings (SSSR count). The summed E-state index contributed by atoms with van der Waals surface area (Å²) >= 11 is 0. The van der Waals surface area contributed by atoms with Gasteiger partial charge in [0.05, 0.1) is 29.9 Å². The molecule has 0 bridgehead atoms. The van der Waals surface area contributed by atoms with Crippen LogP contribution in [0.2, 0.25) is 6.82 Å². The van der Waals surface area contributed by atoms with Gasteiger partial charge in [-0.05, 0) is 47.5 Å². The van der Waals surface area contributed by atoms with Gasteiger partial charge in [0.1, 0.15) is 0 Å². The number of ether oxygens (including phenoxy) is 2. The summed E-state index contributed by atoms with van der Waals surface area (Å²) in [6.45, 7) is 12.3. The van der Waals surface area contributed by atoms with Crippen LogP contribution in [-0.2, 0) is 9.47 Å². The molecule has 1 saturated heterocycles. The lowest BCUT2D eigenvalue weighted by atomic mass is 9.40.